The van der Waals surface area contributed by atoms with Crippen LogP contribution in [0.3, 0.4) is 0 Å². The minimum Gasteiger partial charge on any atom is -0.207 e. The highest BCUT2D eigenvalue weighted by Crippen LogP contribution is 2.49. The Balaban J connectivity index is 1.39. The van der Waals surface area contributed by atoms with Crippen LogP contribution in [0.2, 0.25) is 0 Å². The second kappa shape index (κ2) is 11.4. The Labute approximate surface area is 197 Å². The Hall–Kier alpha value is -1.32. The SMILES string of the molecule is CCCCCCCC1CCc2c(cc(F)c(C3CCC4CC(C=C(F)F)CCC4C3)c2F)C1. The molecule has 2 saturated carbocycles. The van der Waals surface area contributed by atoms with E-state index in [2.05, 4.69) is 6.92 Å². The van der Waals surface area contributed by atoms with Gasteiger partial charge >= 0.3 is 0 Å². The van der Waals surface area contributed by atoms with Crippen LogP contribution < -0.4 is 0 Å². The molecule has 0 bridgehead atoms. The van der Waals surface area contributed by atoms with Gasteiger partial charge in [0.05, 0.1) is 0 Å². The molecule has 0 aromatic heterocycles. The van der Waals surface area contributed by atoms with E-state index in [1.165, 1.54) is 38.5 Å². The molecule has 2 fully saturated rings. The normalized spacial score (nSPS) is 29.3. The Morgan fingerprint density at radius 3 is 2.48 bits per heavy atom. The van der Waals surface area contributed by atoms with Crippen LogP contribution in [0.1, 0.15) is 113 Å². The van der Waals surface area contributed by atoms with E-state index in [9.17, 15) is 8.78 Å². The molecule has 0 nitrogen and oxygen atoms in total. The molecule has 3 aliphatic rings. The van der Waals surface area contributed by atoms with Gasteiger partial charge in [0.15, 0.2) is 0 Å². The van der Waals surface area contributed by atoms with Crippen LogP contribution in [0.15, 0.2) is 18.2 Å². The summed E-state index contributed by atoms with van der Waals surface area (Å²) in [4.78, 5) is 0. The van der Waals surface area contributed by atoms with Crippen molar-refractivity contribution in [1.82, 2.24) is 0 Å². The van der Waals surface area contributed by atoms with Gasteiger partial charge in [-0.25, -0.2) is 8.78 Å². The van der Waals surface area contributed by atoms with Crippen LogP contribution in [0.25, 0.3) is 0 Å². The summed E-state index contributed by atoms with van der Waals surface area (Å²) in [6.07, 6.45) is 14.5. The van der Waals surface area contributed by atoms with Crippen molar-refractivity contribution in [3.8, 4) is 0 Å². The molecule has 33 heavy (non-hydrogen) atoms. The number of allylic oxidation sites excluding steroid dienone is 1. The van der Waals surface area contributed by atoms with Crippen molar-refractivity contribution in [1.29, 1.82) is 0 Å². The lowest BCUT2D eigenvalue weighted by atomic mass is 9.63. The summed E-state index contributed by atoms with van der Waals surface area (Å²) < 4.78 is 56.2. The van der Waals surface area contributed by atoms with Gasteiger partial charge in [0.2, 0.25) is 0 Å². The Bertz CT molecular complexity index is 825. The molecular weight excluding hydrogens is 424 g/mol. The van der Waals surface area contributed by atoms with E-state index in [4.69, 9.17) is 0 Å². The quantitative estimate of drug-likeness (QED) is 0.265. The van der Waals surface area contributed by atoms with Crippen LogP contribution in [-0.4, -0.2) is 0 Å². The van der Waals surface area contributed by atoms with Crippen LogP contribution in [0, 0.1) is 35.3 Å². The standard InChI is InChI=1S/C29H40F4/c1-2-3-4-5-6-7-19-9-13-25-24(14-19)18-26(30)28(29(25)33)23-12-11-21-15-20(16-27(31)32)8-10-22(21)17-23/h16,18-23H,2-15,17H2,1H3. The number of halogens is 4. The Morgan fingerprint density at radius 2 is 1.70 bits per heavy atom. The number of hydrogen-bond acceptors (Lipinski definition) is 0. The molecule has 0 saturated heterocycles. The Kier molecular flexibility index (Phi) is 8.57. The minimum atomic E-state index is -1.58. The van der Waals surface area contributed by atoms with E-state index in [1.807, 2.05) is 0 Å². The molecule has 1 aromatic carbocycles. The summed E-state index contributed by atoms with van der Waals surface area (Å²) in [5, 5.41) is 0. The summed E-state index contributed by atoms with van der Waals surface area (Å²) in [6, 6.07) is 1.65. The van der Waals surface area contributed by atoms with Gasteiger partial charge in [-0.1, -0.05) is 45.4 Å². The van der Waals surface area contributed by atoms with Gasteiger partial charge in [0.1, 0.15) is 11.6 Å². The summed E-state index contributed by atoms with van der Waals surface area (Å²) in [7, 11) is 0. The molecular formula is C29H40F4. The Morgan fingerprint density at radius 1 is 0.939 bits per heavy atom. The molecule has 184 valence electrons. The number of hydrogen-bond donors (Lipinski definition) is 0. The van der Waals surface area contributed by atoms with Crippen molar-refractivity contribution in [3.63, 3.8) is 0 Å². The van der Waals surface area contributed by atoms with Crippen LogP contribution >= 0.6 is 0 Å². The first kappa shape index (κ1) is 24.8. The van der Waals surface area contributed by atoms with E-state index in [-0.39, 0.29) is 23.5 Å². The van der Waals surface area contributed by atoms with Gasteiger partial charge < -0.3 is 0 Å². The largest absolute Gasteiger partial charge is 0.266 e. The first-order valence-corrected chi connectivity index (χ1v) is 13.5. The van der Waals surface area contributed by atoms with Gasteiger partial charge in [-0.15, -0.1) is 0 Å². The molecule has 4 rings (SSSR count). The molecule has 0 heterocycles. The molecule has 0 N–H and O–H groups in total. The summed E-state index contributed by atoms with van der Waals surface area (Å²) in [5.74, 6) is 0.640. The number of fused-ring (bicyclic) bond motifs is 2. The maximum absolute atomic E-state index is 15.6. The molecule has 0 spiro atoms. The fourth-order valence-corrected chi connectivity index (χ4v) is 7.11. The maximum atomic E-state index is 15.6. The summed E-state index contributed by atoms with van der Waals surface area (Å²) in [6.45, 7) is 2.22. The average Bonchev–Trinajstić information content (AvgIpc) is 2.78. The lowest BCUT2D eigenvalue weighted by Gasteiger charge is -2.42. The lowest BCUT2D eigenvalue weighted by Crippen LogP contribution is -2.31. The third-order valence-electron chi connectivity index (χ3n) is 8.90. The predicted octanol–water partition coefficient (Wildman–Crippen LogP) is 9.51. The van der Waals surface area contributed by atoms with Crippen LogP contribution in [0.5, 0.6) is 0 Å². The molecule has 4 heteroatoms. The second-order valence-electron chi connectivity index (χ2n) is 11.1. The van der Waals surface area contributed by atoms with Crippen molar-refractivity contribution in [2.45, 2.75) is 109 Å². The van der Waals surface area contributed by atoms with E-state index < -0.39 is 6.08 Å². The number of unbranched alkanes of at least 4 members (excludes halogenated alkanes) is 4. The van der Waals surface area contributed by atoms with Gasteiger partial charge in [-0.05, 0) is 111 Å². The van der Waals surface area contributed by atoms with Crippen LogP contribution in [0.4, 0.5) is 17.6 Å². The number of benzene rings is 1. The van der Waals surface area contributed by atoms with Crippen molar-refractivity contribution >= 4 is 0 Å². The highest BCUT2D eigenvalue weighted by atomic mass is 19.3. The molecule has 0 aliphatic heterocycles. The topological polar surface area (TPSA) is 0 Å². The van der Waals surface area contributed by atoms with Gasteiger partial charge in [-0.2, -0.15) is 8.78 Å². The smallest absolute Gasteiger partial charge is 0.207 e. The van der Waals surface area contributed by atoms with Crippen molar-refractivity contribution in [3.05, 3.63) is 46.5 Å². The highest BCUT2D eigenvalue weighted by molar-refractivity contribution is 5.39. The molecule has 3 aliphatic carbocycles. The average molecular weight is 465 g/mol. The monoisotopic (exact) mass is 464 g/mol. The molecule has 1 aromatic rings. The summed E-state index contributed by atoms with van der Waals surface area (Å²) in [5.41, 5.74) is 1.98. The number of rotatable bonds is 8. The van der Waals surface area contributed by atoms with E-state index in [1.54, 1.807) is 6.07 Å². The summed E-state index contributed by atoms with van der Waals surface area (Å²) >= 11 is 0. The third kappa shape index (κ3) is 6.03. The van der Waals surface area contributed by atoms with E-state index in [0.717, 1.165) is 75.0 Å². The van der Waals surface area contributed by atoms with Crippen molar-refractivity contribution in [2.75, 3.05) is 0 Å². The first-order chi connectivity index (χ1) is 16.0. The first-order valence-electron chi connectivity index (χ1n) is 13.5. The molecule has 5 unspecified atom stereocenters. The van der Waals surface area contributed by atoms with Gasteiger partial charge in [0.25, 0.3) is 6.08 Å². The zero-order valence-corrected chi connectivity index (χ0v) is 20.2. The van der Waals surface area contributed by atoms with Gasteiger partial charge in [-0.3, -0.25) is 0 Å². The zero-order valence-electron chi connectivity index (χ0n) is 20.2. The molecule has 0 radical (unpaired) electrons. The fraction of sp³-hybridized carbons (Fsp3) is 0.724. The predicted molar refractivity (Wildman–Crippen MR) is 126 cm³/mol. The van der Waals surface area contributed by atoms with Crippen molar-refractivity contribution in [2.24, 2.45) is 23.7 Å². The minimum absolute atomic E-state index is 0.0374. The van der Waals surface area contributed by atoms with Crippen LogP contribution in [-0.2, 0) is 12.8 Å². The fourth-order valence-electron chi connectivity index (χ4n) is 7.11. The second-order valence-corrected chi connectivity index (χ2v) is 11.1. The highest BCUT2D eigenvalue weighted by Gasteiger charge is 2.38. The van der Waals surface area contributed by atoms with Crippen molar-refractivity contribution < 1.29 is 17.6 Å². The van der Waals surface area contributed by atoms with E-state index in [0.29, 0.717) is 23.3 Å². The molecule has 0 amide bonds. The third-order valence-corrected chi connectivity index (χ3v) is 8.90. The van der Waals surface area contributed by atoms with Gasteiger partial charge in [0, 0.05) is 5.56 Å². The zero-order chi connectivity index (χ0) is 23.4. The maximum Gasteiger partial charge on any atom is 0.266 e. The van der Waals surface area contributed by atoms with E-state index >= 15 is 8.78 Å². The molecule has 5 atom stereocenters. The lowest BCUT2D eigenvalue weighted by molar-refractivity contribution is 0.130.